The first-order valence-corrected chi connectivity index (χ1v) is 11.0. The van der Waals surface area contributed by atoms with Gasteiger partial charge in [-0.3, -0.25) is 9.69 Å². The van der Waals surface area contributed by atoms with Crippen LogP contribution in [0.3, 0.4) is 0 Å². The number of nitrogens with zero attached hydrogens (tertiary/aromatic N) is 3. The number of nitrogens with one attached hydrogen (secondary N) is 1. The summed E-state index contributed by atoms with van der Waals surface area (Å²) in [5.41, 5.74) is 2.80. The molecule has 4 rings (SSSR count). The molecule has 0 fully saturated rings. The van der Waals surface area contributed by atoms with Crippen LogP contribution in [0.4, 0.5) is 18.9 Å². The van der Waals surface area contributed by atoms with Crippen molar-refractivity contribution in [3.63, 3.8) is 0 Å². The molecule has 178 valence electrons. The smallest absolute Gasteiger partial charge is 0.339 e. The molecule has 0 saturated heterocycles. The highest BCUT2D eigenvalue weighted by molar-refractivity contribution is 5.90. The lowest BCUT2D eigenvalue weighted by Gasteiger charge is -2.25. The zero-order valence-electron chi connectivity index (χ0n) is 18.7. The van der Waals surface area contributed by atoms with E-state index in [4.69, 9.17) is 4.52 Å². The number of hydrogen-bond acceptors (Lipinski definition) is 5. The summed E-state index contributed by atoms with van der Waals surface area (Å²) >= 11 is 0. The quantitative estimate of drug-likeness (QED) is 0.510. The van der Waals surface area contributed by atoms with Crippen LogP contribution in [0, 0.1) is 6.92 Å². The third kappa shape index (κ3) is 6.32. The normalized spacial score (nSPS) is 14.6. The van der Waals surface area contributed by atoms with Crippen LogP contribution in [0.2, 0.25) is 0 Å². The molecular formula is C25H25F3N4O2. The van der Waals surface area contributed by atoms with Gasteiger partial charge in [0.1, 0.15) is 0 Å². The van der Waals surface area contributed by atoms with E-state index in [1.807, 2.05) is 0 Å². The maximum Gasteiger partial charge on any atom is 0.416 e. The Labute approximate surface area is 195 Å². The van der Waals surface area contributed by atoms with Crippen molar-refractivity contribution < 1.29 is 22.5 Å². The second-order valence-corrected chi connectivity index (χ2v) is 8.34. The molecule has 0 spiro atoms. The number of rotatable bonds is 7. The third-order valence-corrected chi connectivity index (χ3v) is 5.58. The Morgan fingerprint density at radius 3 is 2.74 bits per heavy atom. The topological polar surface area (TPSA) is 71.3 Å². The summed E-state index contributed by atoms with van der Waals surface area (Å²) in [5, 5.41) is 6.51. The predicted octanol–water partition coefficient (Wildman–Crippen LogP) is 5.26. The van der Waals surface area contributed by atoms with E-state index < -0.39 is 17.6 Å². The van der Waals surface area contributed by atoms with Gasteiger partial charge >= 0.3 is 6.18 Å². The summed E-state index contributed by atoms with van der Waals surface area (Å²) < 4.78 is 43.7. The van der Waals surface area contributed by atoms with Crippen molar-refractivity contribution in [1.29, 1.82) is 0 Å². The second-order valence-electron chi connectivity index (χ2n) is 8.34. The van der Waals surface area contributed by atoms with Gasteiger partial charge in [0.25, 0.3) is 0 Å². The second kappa shape index (κ2) is 10.2. The van der Waals surface area contributed by atoms with E-state index in [-0.39, 0.29) is 18.5 Å². The average molecular weight is 470 g/mol. The van der Waals surface area contributed by atoms with Crippen molar-refractivity contribution >= 4 is 17.2 Å². The van der Waals surface area contributed by atoms with Crippen molar-refractivity contribution in [2.75, 3.05) is 18.4 Å². The van der Waals surface area contributed by atoms with Crippen LogP contribution >= 0.6 is 0 Å². The van der Waals surface area contributed by atoms with Gasteiger partial charge in [0.15, 0.2) is 5.82 Å². The molecule has 2 heterocycles. The molecule has 1 amide bonds. The number of anilines is 1. The zero-order chi connectivity index (χ0) is 24.1. The predicted molar refractivity (Wildman–Crippen MR) is 122 cm³/mol. The summed E-state index contributed by atoms with van der Waals surface area (Å²) in [6, 6.07) is 13.0. The van der Waals surface area contributed by atoms with E-state index >= 15 is 0 Å². The van der Waals surface area contributed by atoms with Crippen molar-refractivity contribution in [2.24, 2.45) is 0 Å². The van der Waals surface area contributed by atoms with Crippen molar-refractivity contribution in [3.8, 4) is 0 Å². The van der Waals surface area contributed by atoms with Gasteiger partial charge < -0.3 is 9.84 Å². The van der Waals surface area contributed by atoms with E-state index in [0.717, 1.165) is 43.8 Å². The minimum Gasteiger partial charge on any atom is -0.339 e. The zero-order valence-corrected chi connectivity index (χ0v) is 18.7. The largest absolute Gasteiger partial charge is 0.416 e. The highest BCUT2D eigenvalue weighted by Crippen LogP contribution is 2.30. The van der Waals surface area contributed by atoms with Crippen LogP contribution < -0.4 is 5.32 Å². The fraction of sp³-hybridized carbons (Fsp3) is 0.320. The molecule has 0 saturated carbocycles. The van der Waals surface area contributed by atoms with Gasteiger partial charge in [0, 0.05) is 38.2 Å². The van der Waals surface area contributed by atoms with Gasteiger partial charge in [-0.15, -0.1) is 0 Å². The molecule has 0 aliphatic carbocycles. The number of benzene rings is 2. The van der Waals surface area contributed by atoms with Crippen LogP contribution in [0.25, 0.3) is 5.57 Å². The lowest BCUT2D eigenvalue weighted by molar-refractivity contribution is -0.137. The molecule has 6 nitrogen and oxygen atoms in total. The fourth-order valence-corrected chi connectivity index (χ4v) is 3.83. The molecule has 1 aliphatic rings. The lowest BCUT2D eigenvalue weighted by Crippen LogP contribution is -2.28. The average Bonchev–Trinajstić information content (AvgIpc) is 3.27. The number of carbonyl (C=O) groups excluding carboxylic acids is 1. The number of aromatic nitrogens is 2. The first-order valence-electron chi connectivity index (χ1n) is 11.0. The standard InChI is InChI=1S/C25H25F3N4O2/c1-17-4-2-5-18(14-17)16-32-12-10-19(11-13-32)24-30-23(34-31-24)9-8-22(33)29-21-7-3-6-20(15-21)25(26,27)28/h2-7,10,14-15H,8-9,11-13,16H2,1H3,(H,29,33). The van der Waals surface area contributed by atoms with E-state index in [9.17, 15) is 18.0 Å². The van der Waals surface area contributed by atoms with E-state index in [2.05, 4.69) is 57.6 Å². The monoisotopic (exact) mass is 470 g/mol. The van der Waals surface area contributed by atoms with Crippen molar-refractivity contribution in [3.05, 3.63) is 83.0 Å². The SMILES string of the molecule is Cc1cccc(CN2CC=C(c3noc(CCC(=O)Nc4cccc(C(F)(F)F)c4)n3)CC2)c1. The van der Waals surface area contributed by atoms with Crippen molar-refractivity contribution in [2.45, 2.75) is 38.9 Å². The number of amides is 1. The molecule has 1 aliphatic heterocycles. The number of carbonyl (C=O) groups is 1. The highest BCUT2D eigenvalue weighted by Gasteiger charge is 2.30. The van der Waals surface area contributed by atoms with Gasteiger partial charge in [0.2, 0.25) is 11.8 Å². The fourth-order valence-electron chi connectivity index (χ4n) is 3.83. The molecular weight excluding hydrogens is 445 g/mol. The minimum absolute atomic E-state index is 0.0151. The molecule has 0 unspecified atom stereocenters. The van der Waals surface area contributed by atoms with Crippen LogP contribution in [0.5, 0.6) is 0 Å². The molecule has 34 heavy (non-hydrogen) atoms. The van der Waals surface area contributed by atoms with Gasteiger partial charge in [-0.05, 0) is 42.7 Å². The van der Waals surface area contributed by atoms with Crippen LogP contribution in [0.1, 0.15) is 41.2 Å². The highest BCUT2D eigenvalue weighted by atomic mass is 19.4. The number of alkyl halides is 3. The van der Waals surface area contributed by atoms with E-state index in [1.54, 1.807) is 0 Å². The maximum absolute atomic E-state index is 12.8. The first-order chi connectivity index (χ1) is 16.3. The van der Waals surface area contributed by atoms with Crippen LogP contribution in [-0.4, -0.2) is 34.0 Å². The summed E-state index contributed by atoms with van der Waals surface area (Å²) in [4.78, 5) is 18.9. The van der Waals surface area contributed by atoms with E-state index in [1.165, 1.54) is 23.3 Å². The van der Waals surface area contributed by atoms with Crippen LogP contribution in [-0.2, 0) is 23.9 Å². The molecule has 1 aromatic heterocycles. The summed E-state index contributed by atoms with van der Waals surface area (Å²) in [6.07, 6.45) is -1.37. The minimum atomic E-state index is -4.47. The number of hydrogen-bond donors (Lipinski definition) is 1. The molecule has 0 radical (unpaired) electrons. The molecule has 9 heteroatoms. The van der Waals surface area contributed by atoms with Gasteiger partial charge in [0.05, 0.1) is 5.56 Å². The van der Waals surface area contributed by atoms with Crippen molar-refractivity contribution in [1.82, 2.24) is 15.0 Å². The Balaban J connectivity index is 1.27. The number of aryl methyl sites for hydroxylation is 2. The number of halogens is 3. The maximum atomic E-state index is 12.8. The lowest BCUT2D eigenvalue weighted by atomic mass is 10.1. The molecule has 3 aromatic rings. The summed E-state index contributed by atoms with van der Waals surface area (Å²) in [6.45, 7) is 4.63. The Morgan fingerprint density at radius 2 is 2.00 bits per heavy atom. The molecule has 0 atom stereocenters. The van der Waals surface area contributed by atoms with Gasteiger partial charge in [-0.2, -0.15) is 18.2 Å². The Bertz CT molecular complexity index is 1190. The molecule has 2 aromatic carbocycles. The van der Waals surface area contributed by atoms with Gasteiger partial charge in [-0.25, -0.2) is 0 Å². The molecule has 1 N–H and O–H groups in total. The summed E-state index contributed by atoms with van der Waals surface area (Å²) in [7, 11) is 0. The van der Waals surface area contributed by atoms with E-state index in [0.29, 0.717) is 11.7 Å². The van der Waals surface area contributed by atoms with Crippen LogP contribution in [0.15, 0.2) is 59.1 Å². The third-order valence-electron chi connectivity index (χ3n) is 5.58. The van der Waals surface area contributed by atoms with Gasteiger partial charge in [-0.1, -0.05) is 47.1 Å². The molecule has 0 bridgehead atoms. The summed E-state index contributed by atoms with van der Waals surface area (Å²) in [5.74, 6) is 0.406. The Morgan fingerprint density at radius 1 is 1.18 bits per heavy atom. The Hall–Kier alpha value is -3.46. The Kier molecular flexibility index (Phi) is 7.12. The first kappa shape index (κ1) is 23.7.